The first-order valence-corrected chi connectivity index (χ1v) is 7.36. The molecule has 0 bridgehead atoms. The smallest absolute Gasteiger partial charge is 0.125 e. The van der Waals surface area contributed by atoms with Gasteiger partial charge in [0, 0.05) is 23.0 Å². The number of alkyl halides is 1. The lowest BCUT2D eigenvalue weighted by Gasteiger charge is -2.10. The molecule has 0 spiro atoms. The first-order chi connectivity index (χ1) is 9.70. The summed E-state index contributed by atoms with van der Waals surface area (Å²) in [6.07, 6.45) is 3.98. The summed E-state index contributed by atoms with van der Waals surface area (Å²) >= 11 is 9.30. The highest BCUT2D eigenvalue weighted by molar-refractivity contribution is 9.10. The van der Waals surface area contributed by atoms with Crippen molar-refractivity contribution in [2.24, 2.45) is 0 Å². The van der Waals surface area contributed by atoms with Crippen molar-refractivity contribution in [3.8, 4) is 5.69 Å². The molecule has 0 amide bonds. The van der Waals surface area contributed by atoms with Crippen molar-refractivity contribution in [1.29, 1.82) is 0 Å². The van der Waals surface area contributed by atoms with Crippen molar-refractivity contribution in [2.45, 2.75) is 6.42 Å². The maximum Gasteiger partial charge on any atom is 0.125 e. The monoisotopic (exact) mass is 353 g/mol. The average molecular weight is 355 g/mol. The molecule has 0 N–H and O–H groups in total. The minimum absolute atomic E-state index is 0.295. The lowest BCUT2D eigenvalue weighted by atomic mass is 10.3. The second-order valence-corrected chi connectivity index (χ2v) is 5.49. The zero-order chi connectivity index (χ0) is 14.1. The summed E-state index contributed by atoms with van der Waals surface area (Å²) in [5, 5.41) is 0. The molecule has 1 aromatic carbocycles. The molecule has 0 aliphatic carbocycles. The van der Waals surface area contributed by atoms with Gasteiger partial charge in [-0.15, -0.1) is 11.6 Å². The molecule has 0 unspecified atom stereocenters. The number of rotatable bonds is 3. The van der Waals surface area contributed by atoms with E-state index >= 15 is 0 Å². The van der Waals surface area contributed by atoms with Crippen LogP contribution in [0.5, 0.6) is 0 Å². The maximum atomic E-state index is 13.6. The Kier molecular flexibility index (Phi) is 3.72. The number of hydrogen-bond acceptors (Lipinski definition) is 2. The van der Waals surface area contributed by atoms with E-state index in [1.54, 1.807) is 18.5 Å². The van der Waals surface area contributed by atoms with Gasteiger partial charge in [0.25, 0.3) is 0 Å². The minimum atomic E-state index is -0.295. The first kappa shape index (κ1) is 13.5. The van der Waals surface area contributed by atoms with Gasteiger partial charge in [-0.05, 0) is 40.2 Å². The summed E-state index contributed by atoms with van der Waals surface area (Å²) in [5.41, 5.74) is 2.36. The molecule has 0 saturated carbocycles. The Morgan fingerprint density at radius 3 is 2.95 bits per heavy atom. The van der Waals surface area contributed by atoms with Gasteiger partial charge in [0.2, 0.25) is 0 Å². The second-order valence-electron chi connectivity index (χ2n) is 4.26. The first-order valence-electron chi connectivity index (χ1n) is 6.03. The van der Waals surface area contributed by atoms with Crippen LogP contribution in [0.1, 0.15) is 5.82 Å². The molecular weight excluding hydrogens is 345 g/mol. The molecule has 0 aliphatic rings. The van der Waals surface area contributed by atoms with E-state index in [1.165, 1.54) is 12.1 Å². The zero-order valence-electron chi connectivity index (χ0n) is 10.4. The summed E-state index contributed by atoms with van der Waals surface area (Å²) in [6.45, 7) is 0. The predicted molar refractivity (Wildman–Crippen MR) is 80.9 cm³/mol. The molecular formula is C14H10BrClFN3. The standard InChI is InChI=1S/C14H10BrClFN3/c15-10-2-1-9(17)7-13(10)20-12-4-6-18-8-11(12)19-14(20)3-5-16/h1-2,4,6-8H,3,5H2. The topological polar surface area (TPSA) is 30.7 Å². The number of benzene rings is 1. The van der Waals surface area contributed by atoms with Crippen LogP contribution in [0.2, 0.25) is 0 Å². The van der Waals surface area contributed by atoms with E-state index in [0.717, 1.165) is 21.3 Å². The van der Waals surface area contributed by atoms with Crippen molar-refractivity contribution in [2.75, 3.05) is 5.88 Å². The van der Waals surface area contributed by atoms with E-state index in [1.807, 2.05) is 10.6 Å². The SMILES string of the molecule is Fc1ccc(Br)c(-n2c(CCCl)nc3cnccc32)c1. The van der Waals surface area contributed by atoms with Gasteiger partial charge in [0.15, 0.2) is 0 Å². The van der Waals surface area contributed by atoms with Crippen molar-refractivity contribution in [3.05, 3.63) is 52.8 Å². The van der Waals surface area contributed by atoms with Crippen molar-refractivity contribution >= 4 is 38.6 Å². The molecule has 6 heteroatoms. The fourth-order valence-electron chi connectivity index (χ4n) is 2.16. The number of hydrogen-bond donors (Lipinski definition) is 0. The van der Waals surface area contributed by atoms with Crippen LogP contribution in [-0.2, 0) is 6.42 Å². The van der Waals surface area contributed by atoms with Crippen LogP contribution in [0.3, 0.4) is 0 Å². The Hall–Kier alpha value is -1.46. The van der Waals surface area contributed by atoms with Crippen LogP contribution in [-0.4, -0.2) is 20.4 Å². The van der Waals surface area contributed by atoms with E-state index in [2.05, 4.69) is 25.9 Å². The molecule has 0 radical (unpaired) electrons. The molecule has 3 aromatic rings. The van der Waals surface area contributed by atoms with E-state index < -0.39 is 0 Å². The second kappa shape index (κ2) is 5.50. The van der Waals surface area contributed by atoms with E-state index in [0.29, 0.717) is 18.0 Å². The average Bonchev–Trinajstić information content (AvgIpc) is 2.80. The third kappa shape index (κ3) is 2.31. The molecule has 2 heterocycles. The van der Waals surface area contributed by atoms with Gasteiger partial charge in [0.1, 0.15) is 17.2 Å². The van der Waals surface area contributed by atoms with Gasteiger partial charge in [-0.1, -0.05) is 0 Å². The number of aromatic nitrogens is 3. The molecule has 20 heavy (non-hydrogen) atoms. The molecule has 3 rings (SSSR count). The Morgan fingerprint density at radius 2 is 2.15 bits per heavy atom. The molecule has 102 valence electrons. The van der Waals surface area contributed by atoms with Crippen molar-refractivity contribution in [3.63, 3.8) is 0 Å². The largest absolute Gasteiger partial charge is 0.295 e. The molecule has 0 fully saturated rings. The van der Waals surface area contributed by atoms with Gasteiger partial charge in [-0.3, -0.25) is 9.55 Å². The number of imidazole rings is 1. The zero-order valence-corrected chi connectivity index (χ0v) is 12.7. The van der Waals surface area contributed by atoms with E-state index in [4.69, 9.17) is 11.6 Å². The number of halogens is 3. The van der Waals surface area contributed by atoms with Crippen LogP contribution >= 0.6 is 27.5 Å². The summed E-state index contributed by atoms with van der Waals surface area (Å²) in [4.78, 5) is 8.59. The van der Waals surface area contributed by atoms with Crippen LogP contribution in [0.15, 0.2) is 41.1 Å². The highest BCUT2D eigenvalue weighted by Crippen LogP contribution is 2.28. The minimum Gasteiger partial charge on any atom is -0.295 e. The quantitative estimate of drug-likeness (QED) is 0.663. The van der Waals surface area contributed by atoms with Gasteiger partial charge in [-0.25, -0.2) is 9.37 Å². The molecule has 2 aromatic heterocycles. The fraction of sp³-hybridized carbons (Fsp3) is 0.143. The normalized spacial score (nSPS) is 11.2. The van der Waals surface area contributed by atoms with Crippen molar-refractivity contribution < 1.29 is 4.39 Å². The summed E-state index contributed by atoms with van der Waals surface area (Å²) in [7, 11) is 0. The van der Waals surface area contributed by atoms with E-state index in [9.17, 15) is 4.39 Å². The Morgan fingerprint density at radius 1 is 1.30 bits per heavy atom. The molecule has 0 aliphatic heterocycles. The van der Waals surface area contributed by atoms with Gasteiger partial charge in [-0.2, -0.15) is 0 Å². The summed E-state index contributed by atoms with van der Waals surface area (Å²) in [6, 6.07) is 6.43. The lowest BCUT2D eigenvalue weighted by Crippen LogP contribution is -2.03. The van der Waals surface area contributed by atoms with Crippen LogP contribution in [0.25, 0.3) is 16.7 Å². The highest BCUT2D eigenvalue weighted by Gasteiger charge is 2.14. The van der Waals surface area contributed by atoms with Crippen LogP contribution in [0.4, 0.5) is 4.39 Å². The molecule has 0 atom stereocenters. The van der Waals surface area contributed by atoms with E-state index in [-0.39, 0.29) is 5.82 Å². The Labute approximate surface area is 128 Å². The third-order valence-electron chi connectivity index (χ3n) is 2.99. The van der Waals surface area contributed by atoms with Gasteiger partial charge < -0.3 is 0 Å². The fourth-order valence-corrected chi connectivity index (χ4v) is 2.75. The van der Waals surface area contributed by atoms with Gasteiger partial charge >= 0.3 is 0 Å². The Bertz CT molecular complexity index is 772. The highest BCUT2D eigenvalue weighted by atomic mass is 79.9. The predicted octanol–water partition coefficient (Wildman–Crippen LogP) is 4.10. The molecule has 3 nitrogen and oxygen atoms in total. The van der Waals surface area contributed by atoms with Crippen LogP contribution in [0, 0.1) is 5.82 Å². The number of pyridine rings is 1. The third-order valence-corrected chi connectivity index (χ3v) is 3.85. The maximum absolute atomic E-state index is 13.6. The molecule has 0 saturated heterocycles. The van der Waals surface area contributed by atoms with Crippen LogP contribution < -0.4 is 0 Å². The number of aryl methyl sites for hydroxylation is 1. The summed E-state index contributed by atoms with van der Waals surface area (Å²) in [5.74, 6) is 0.939. The van der Waals surface area contributed by atoms with Gasteiger partial charge in [0.05, 0.1) is 17.4 Å². The Balaban J connectivity index is 2.33. The summed E-state index contributed by atoms with van der Waals surface area (Å²) < 4.78 is 16.3. The lowest BCUT2D eigenvalue weighted by molar-refractivity contribution is 0.626. The van der Waals surface area contributed by atoms with Crippen molar-refractivity contribution in [1.82, 2.24) is 14.5 Å². The number of fused-ring (bicyclic) bond motifs is 1. The number of nitrogens with zero attached hydrogens (tertiary/aromatic N) is 3.